The predicted molar refractivity (Wildman–Crippen MR) is 74.1 cm³/mol. The molecule has 2 amide bonds. The summed E-state index contributed by atoms with van der Waals surface area (Å²) in [6.45, 7) is 0.885. The van der Waals surface area contributed by atoms with Crippen molar-refractivity contribution in [1.82, 2.24) is 10.6 Å². The van der Waals surface area contributed by atoms with Gasteiger partial charge in [-0.1, -0.05) is 12.5 Å². The highest BCUT2D eigenvalue weighted by molar-refractivity contribution is 5.98. The third-order valence-electron chi connectivity index (χ3n) is 3.25. The fraction of sp³-hybridized carbons (Fsp3) is 0.429. The van der Waals surface area contributed by atoms with Gasteiger partial charge >= 0.3 is 0 Å². The Morgan fingerprint density at radius 1 is 1.32 bits per heavy atom. The molecule has 1 saturated heterocycles. The van der Waals surface area contributed by atoms with Gasteiger partial charge in [0.2, 0.25) is 5.91 Å². The van der Waals surface area contributed by atoms with Gasteiger partial charge in [-0.2, -0.15) is 0 Å². The van der Waals surface area contributed by atoms with Gasteiger partial charge in [-0.25, -0.2) is 0 Å². The number of hydrogen-bond donors (Lipinski definition) is 3. The second-order valence-electron chi connectivity index (χ2n) is 4.65. The van der Waals surface area contributed by atoms with Crippen molar-refractivity contribution in [2.24, 2.45) is 0 Å². The minimum Gasteiger partial charge on any atom is -0.355 e. The molecule has 19 heavy (non-hydrogen) atoms. The van der Waals surface area contributed by atoms with Gasteiger partial charge in [-0.3, -0.25) is 9.59 Å². The van der Waals surface area contributed by atoms with Crippen LogP contribution in [0.5, 0.6) is 0 Å². The van der Waals surface area contributed by atoms with E-state index in [2.05, 4.69) is 16.0 Å². The summed E-state index contributed by atoms with van der Waals surface area (Å²) in [5, 5.41) is 8.61. The smallest absolute Gasteiger partial charge is 0.251 e. The first kappa shape index (κ1) is 13.5. The third kappa shape index (κ3) is 3.54. The number of carbonyl (C=O) groups excluding carboxylic acids is 2. The minimum atomic E-state index is -0.160. The van der Waals surface area contributed by atoms with E-state index in [1.807, 2.05) is 0 Å². The van der Waals surface area contributed by atoms with Crippen molar-refractivity contribution >= 4 is 17.5 Å². The number of rotatable bonds is 3. The van der Waals surface area contributed by atoms with E-state index in [4.69, 9.17) is 0 Å². The van der Waals surface area contributed by atoms with Gasteiger partial charge in [0.25, 0.3) is 5.91 Å². The number of piperidine rings is 1. The molecular formula is C14H19N3O2. The molecule has 0 unspecified atom stereocenters. The first-order valence-electron chi connectivity index (χ1n) is 6.57. The first-order chi connectivity index (χ1) is 9.20. The Bertz CT molecular complexity index is 468. The third-order valence-corrected chi connectivity index (χ3v) is 3.25. The number of hydrogen-bond acceptors (Lipinski definition) is 3. The minimum absolute atomic E-state index is 0.0336. The van der Waals surface area contributed by atoms with Crippen LogP contribution < -0.4 is 16.0 Å². The van der Waals surface area contributed by atoms with Crippen molar-refractivity contribution in [2.75, 3.05) is 18.9 Å². The molecule has 1 fully saturated rings. The molecule has 0 saturated carbocycles. The van der Waals surface area contributed by atoms with Crippen LogP contribution >= 0.6 is 0 Å². The summed E-state index contributed by atoms with van der Waals surface area (Å²) in [4.78, 5) is 23.6. The zero-order chi connectivity index (χ0) is 13.7. The second kappa shape index (κ2) is 6.33. The Morgan fingerprint density at radius 2 is 2.16 bits per heavy atom. The molecule has 1 heterocycles. The molecule has 5 nitrogen and oxygen atoms in total. The number of nitrogens with one attached hydrogen (secondary N) is 3. The standard InChI is InChI=1S/C14H19N3O2/c1-15-13(18)10-5-4-6-11(9-10)17-14(19)12-7-2-3-8-16-12/h4-6,9,12,16H,2-3,7-8H2,1H3,(H,15,18)(H,17,19)/t12-/m1/s1. The monoisotopic (exact) mass is 261 g/mol. The number of benzene rings is 1. The molecule has 0 aromatic heterocycles. The summed E-state index contributed by atoms with van der Waals surface area (Å²) in [6, 6.07) is 6.81. The lowest BCUT2D eigenvalue weighted by atomic mass is 10.0. The van der Waals surface area contributed by atoms with Crippen LogP contribution in [-0.4, -0.2) is 31.4 Å². The molecule has 1 aromatic rings. The van der Waals surface area contributed by atoms with Crippen LogP contribution in [0.2, 0.25) is 0 Å². The van der Waals surface area contributed by atoms with E-state index in [9.17, 15) is 9.59 Å². The highest BCUT2D eigenvalue weighted by Gasteiger charge is 2.20. The van der Waals surface area contributed by atoms with Gasteiger partial charge in [0.15, 0.2) is 0 Å². The summed E-state index contributed by atoms with van der Waals surface area (Å²) in [6.07, 6.45) is 3.06. The molecule has 0 bridgehead atoms. The van der Waals surface area contributed by atoms with Crippen LogP contribution in [0, 0.1) is 0 Å². The molecule has 3 N–H and O–H groups in total. The van der Waals surface area contributed by atoms with Gasteiger partial charge in [-0.05, 0) is 37.6 Å². The largest absolute Gasteiger partial charge is 0.355 e. The molecule has 2 rings (SSSR count). The highest BCUT2D eigenvalue weighted by atomic mass is 16.2. The van der Waals surface area contributed by atoms with Gasteiger partial charge < -0.3 is 16.0 Å². The Balaban J connectivity index is 2.02. The summed E-state index contributed by atoms with van der Waals surface area (Å²) in [5.41, 5.74) is 1.19. The van der Waals surface area contributed by atoms with Crippen LogP contribution in [0.15, 0.2) is 24.3 Å². The van der Waals surface area contributed by atoms with Crippen LogP contribution in [0.25, 0.3) is 0 Å². The van der Waals surface area contributed by atoms with E-state index in [1.54, 1.807) is 31.3 Å². The van der Waals surface area contributed by atoms with Crippen LogP contribution in [0.3, 0.4) is 0 Å². The van der Waals surface area contributed by atoms with Gasteiger partial charge in [0.05, 0.1) is 6.04 Å². The van der Waals surface area contributed by atoms with Crippen molar-refractivity contribution in [3.8, 4) is 0 Å². The Morgan fingerprint density at radius 3 is 2.84 bits per heavy atom. The quantitative estimate of drug-likeness (QED) is 0.764. The zero-order valence-electron chi connectivity index (χ0n) is 11.0. The Kier molecular flexibility index (Phi) is 4.52. The fourth-order valence-corrected chi connectivity index (χ4v) is 2.19. The number of amides is 2. The normalized spacial score (nSPS) is 18.7. The molecule has 0 radical (unpaired) electrons. The van der Waals surface area contributed by atoms with Crippen molar-refractivity contribution < 1.29 is 9.59 Å². The fourth-order valence-electron chi connectivity index (χ4n) is 2.19. The van der Waals surface area contributed by atoms with Crippen LogP contribution in [0.1, 0.15) is 29.6 Å². The van der Waals surface area contributed by atoms with Gasteiger partial charge in [0.1, 0.15) is 0 Å². The topological polar surface area (TPSA) is 70.2 Å². The summed E-state index contributed by atoms with van der Waals surface area (Å²) >= 11 is 0. The molecule has 1 aliphatic rings. The lowest BCUT2D eigenvalue weighted by Gasteiger charge is -2.22. The first-order valence-corrected chi connectivity index (χ1v) is 6.57. The second-order valence-corrected chi connectivity index (χ2v) is 4.65. The average Bonchev–Trinajstić information content (AvgIpc) is 2.47. The Labute approximate surface area is 112 Å². The molecule has 0 aliphatic carbocycles. The lowest BCUT2D eigenvalue weighted by Crippen LogP contribution is -2.43. The van der Waals surface area contributed by atoms with Crippen LogP contribution in [-0.2, 0) is 4.79 Å². The van der Waals surface area contributed by atoms with E-state index >= 15 is 0 Å². The lowest BCUT2D eigenvalue weighted by molar-refractivity contribution is -0.118. The van der Waals surface area contributed by atoms with E-state index < -0.39 is 0 Å². The number of anilines is 1. The van der Waals surface area contributed by atoms with E-state index in [0.717, 1.165) is 25.8 Å². The van der Waals surface area contributed by atoms with Crippen molar-refractivity contribution in [3.63, 3.8) is 0 Å². The average molecular weight is 261 g/mol. The van der Waals surface area contributed by atoms with Crippen molar-refractivity contribution in [3.05, 3.63) is 29.8 Å². The number of carbonyl (C=O) groups is 2. The molecule has 5 heteroatoms. The maximum Gasteiger partial charge on any atom is 0.251 e. The summed E-state index contributed by atoms with van der Waals surface area (Å²) in [7, 11) is 1.58. The van der Waals surface area contributed by atoms with Crippen molar-refractivity contribution in [1.29, 1.82) is 0 Å². The summed E-state index contributed by atoms with van der Waals surface area (Å²) < 4.78 is 0. The molecule has 1 aliphatic heterocycles. The van der Waals surface area contributed by atoms with E-state index in [0.29, 0.717) is 11.3 Å². The van der Waals surface area contributed by atoms with Crippen molar-refractivity contribution in [2.45, 2.75) is 25.3 Å². The Hall–Kier alpha value is -1.88. The molecular weight excluding hydrogens is 242 g/mol. The maximum absolute atomic E-state index is 12.0. The van der Waals surface area contributed by atoms with Crippen LogP contribution in [0.4, 0.5) is 5.69 Å². The zero-order valence-corrected chi connectivity index (χ0v) is 11.0. The molecule has 1 aromatic carbocycles. The summed E-state index contributed by atoms with van der Waals surface area (Å²) in [5.74, 6) is -0.194. The van der Waals surface area contributed by atoms with E-state index in [-0.39, 0.29) is 17.9 Å². The molecule has 102 valence electrons. The highest BCUT2D eigenvalue weighted by Crippen LogP contribution is 2.13. The molecule has 0 spiro atoms. The SMILES string of the molecule is CNC(=O)c1cccc(NC(=O)[C@H]2CCCCN2)c1. The van der Waals surface area contributed by atoms with E-state index in [1.165, 1.54) is 0 Å². The maximum atomic E-state index is 12.0. The molecule has 1 atom stereocenters. The van der Waals surface area contributed by atoms with Gasteiger partial charge in [0, 0.05) is 18.3 Å². The predicted octanol–water partition coefficient (Wildman–Crippen LogP) is 1.13. The van der Waals surface area contributed by atoms with Gasteiger partial charge in [-0.15, -0.1) is 0 Å².